The molecular weight excluding hydrogens is 291 g/mol. The lowest BCUT2D eigenvalue weighted by Crippen LogP contribution is -2.09. The third-order valence-corrected chi connectivity index (χ3v) is 3.45. The van der Waals surface area contributed by atoms with Crippen LogP contribution in [0.3, 0.4) is 0 Å². The van der Waals surface area contributed by atoms with Gasteiger partial charge in [0, 0.05) is 26.3 Å². The normalized spacial score (nSPS) is 10.3. The Morgan fingerprint density at radius 3 is 2.52 bits per heavy atom. The molecule has 0 aromatic heterocycles. The number of methoxy groups -OCH3 is 1. The number of halogens is 2. The predicted octanol–water partition coefficient (Wildman–Crippen LogP) is 4.17. The molecule has 1 N–H and O–H groups in total. The summed E-state index contributed by atoms with van der Waals surface area (Å²) in [5, 5.41) is 3.89. The number of anilines is 2. The van der Waals surface area contributed by atoms with Crippen molar-refractivity contribution in [1.82, 2.24) is 0 Å². The van der Waals surface area contributed by atoms with Crippen molar-refractivity contribution in [3.63, 3.8) is 0 Å². The van der Waals surface area contributed by atoms with E-state index in [1.807, 2.05) is 43.3 Å². The minimum atomic E-state index is -0.363. The summed E-state index contributed by atoms with van der Waals surface area (Å²) in [5.41, 5.74) is 2.68. The summed E-state index contributed by atoms with van der Waals surface area (Å²) in [6.07, 6.45) is 0. The van der Waals surface area contributed by atoms with Gasteiger partial charge in [-0.3, -0.25) is 0 Å². The van der Waals surface area contributed by atoms with Crippen LogP contribution in [0.2, 0.25) is 5.02 Å². The van der Waals surface area contributed by atoms with Crippen LogP contribution in [-0.4, -0.2) is 21.2 Å². The summed E-state index contributed by atoms with van der Waals surface area (Å²) in [6, 6.07) is 10.7. The number of rotatable bonds is 5. The SMILES string of the molecule is COc1ccc(CNc2ccc(N(C)C)c(Cl)c2)cc1F. The van der Waals surface area contributed by atoms with Gasteiger partial charge in [0.15, 0.2) is 11.6 Å². The van der Waals surface area contributed by atoms with Crippen LogP contribution < -0.4 is 15.0 Å². The van der Waals surface area contributed by atoms with Crippen molar-refractivity contribution in [3.8, 4) is 5.75 Å². The Hall–Kier alpha value is -1.94. The van der Waals surface area contributed by atoms with Crippen LogP contribution in [0.4, 0.5) is 15.8 Å². The van der Waals surface area contributed by atoms with E-state index < -0.39 is 0 Å². The molecule has 0 radical (unpaired) electrons. The van der Waals surface area contributed by atoms with Crippen LogP contribution in [0.25, 0.3) is 0 Å². The lowest BCUT2D eigenvalue weighted by atomic mass is 10.2. The lowest BCUT2D eigenvalue weighted by molar-refractivity contribution is 0.386. The molecule has 2 aromatic rings. The standard InChI is InChI=1S/C16H18ClFN2O/c1-20(2)15-6-5-12(9-13(15)17)19-10-11-4-7-16(21-3)14(18)8-11/h4-9,19H,10H2,1-3H3. The highest BCUT2D eigenvalue weighted by Gasteiger charge is 2.05. The molecule has 0 bridgehead atoms. The predicted molar refractivity (Wildman–Crippen MR) is 86.1 cm³/mol. The van der Waals surface area contributed by atoms with E-state index in [9.17, 15) is 4.39 Å². The van der Waals surface area contributed by atoms with Gasteiger partial charge in [-0.1, -0.05) is 17.7 Å². The lowest BCUT2D eigenvalue weighted by Gasteiger charge is -2.16. The summed E-state index contributed by atoms with van der Waals surface area (Å²) in [6.45, 7) is 0.512. The van der Waals surface area contributed by atoms with E-state index in [0.29, 0.717) is 11.6 Å². The summed E-state index contributed by atoms with van der Waals surface area (Å²) >= 11 is 6.21. The van der Waals surface area contributed by atoms with Gasteiger partial charge in [-0.15, -0.1) is 0 Å². The monoisotopic (exact) mass is 308 g/mol. The van der Waals surface area contributed by atoms with Gasteiger partial charge in [-0.05, 0) is 35.9 Å². The molecule has 21 heavy (non-hydrogen) atoms. The van der Waals surface area contributed by atoms with Crippen LogP contribution in [-0.2, 0) is 6.54 Å². The second-order valence-corrected chi connectivity index (χ2v) is 5.29. The largest absolute Gasteiger partial charge is 0.494 e. The van der Waals surface area contributed by atoms with Crippen LogP contribution >= 0.6 is 11.6 Å². The second-order valence-electron chi connectivity index (χ2n) is 4.88. The third-order valence-electron chi connectivity index (χ3n) is 3.14. The van der Waals surface area contributed by atoms with Gasteiger partial charge in [0.25, 0.3) is 0 Å². The van der Waals surface area contributed by atoms with Gasteiger partial charge >= 0.3 is 0 Å². The van der Waals surface area contributed by atoms with Gasteiger partial charge in [0.1, 0.15) is 0 Å². The maximum Gasteiger partial charge on any atom is 0.165 e. The quantitative estimate of drug-likeness (QED) is 0.897. The fraction of sp³-hybridized carbons (Fsp3) is 0.250. The van der Waals surface area contributed by atoms with E-state index >= 15 is 0 Å². The molecule has 0 amide bonds. The number of hydrogen-bond acceptors (Lipinski definition) is 3. The molecule has 0 atom stereocenters. The van der Waals surface area contributed by atoms with E-state index in [2.05, 4.69) is 5.32 Å². The van der Waals surface area contributed by atoms with Crippen molar-refractivity contribution in [2.45, 2.75) is 6.54 Å². The fourth-order valence-corrected chi connectivity index (χ4v) is 2.35. The average molecular weight is 309 g/mol. The average Bonchev–Trinajstić information content (AvgIpc) is 2.45. The van der Waals surface area contributed by atoms with Gasteiger partial charge < -0.3 is 15.0 Å². The minimum Gasteiger partial charge on any atom is -0.494 e. The van der Waals surface area contributed by atoms with Gasteiger partial charge in [0.2, 0.25) is 0 Å². The summed E-state index contributed by atoms with van der Waals surface area (Å²) in [7, 11) is 5.33. The van der Waals surface area contributed by atoms with Crippen molar-refractivity contribution in [2.24, 2.45) is 0 Å². The van der Waals surface area contributed by atoms with Gasteiger partial charge in [-0.2, -0.15) is 0 Å². The highest BCUT2D eigenvalue weighted by molar-refractivity contribution is 6.33. The molecule has 0 fully saturated rings. The fourth-order valence-electron chi connectivity index (χ4n) is 2.00. The van der Waals surface area contributed by atoms with E-state index in [1.54, 1.807) is 6.07 Å². The van der Waals surface area contributed by atoms with Gasteiger partial charge in [0.05, 0.1) is 17.8 Å². The van der Waals surface area contributed by atoms with Gasteiger partial charge in [-0.25, -0.2) is 4.39 Å². The van der Waals surface area contributed by atoms with Crippen molar-refractivity contribution in [2.75, 3.05) is 31.4 Å². The minimum absolute atomic E-state index is 0.247. The van der Waals surface area contributed by atoms with Crippen LogP contribution in [0, 0.1) is 5.82 Å². The highest BCUT2D eigenvalue weighted by atomic mass is 35.5. The molecule has 3 nitrogen and oxygen atoms in total. The molecule has 0 aliphatic heterocycles. The van der Waals surface area contributed by atoms with Crippen LogP contribution in [0.15, 0.2) is 36.4 Å². The Labute approximate surface area is 129 Å². The smallest absolute Gasteiger partial charge is 0.165 e. The molecule has 0 saturated heterocycles. The Morgan fingerprint density at radius 1 is 1.19 bits per heavy atom. The Bertz CT molecular complexity index is 632. The zero-order valence-corrected chi connectivity index (χ0v) is 13.0. The number of nitrogens with one attached hydrogen (secondary N) is 1. The van der Waals surface area contributed by atoms with Crippen LogP contribution in [0.5, 0.6) is 5.75 Å². The Kier molecular flexibility index (Phi) is 4.91. The first-order valence-corrected chi connectivity index (χ1v) is 6.92. The summed E-state index contributed by atoms with van der Waals surface area (Å²) in [4.78, 5) is 1.95. The Morgan fingerprint density at radius 2 is 1.95 bits per heavy atom. The zero-order valence-electron chi connectivity index (χ0n) is 12.3. The third kappa shape index (κ3) is 3.79. The van der Waals surface area contributed by atoms with Crippen molar-refractivity contribution in [1.29, 1.82) is 0 Å². The topological polar surface area (TPSA) is 24.5 Å². The van der Waals surface area contributed by atoms with Crippen molar-refractivity contribution < 1.29 is 9.13 Å². The molecule has 2 rings (SSSR count). The molecule has 2 aromatic carbocycles. The number of ether oxygens (including phenoxy) is 1. The second kappa shape index (κ2) is 6.68. The van der Waals surface area contributed by atoms with Crippen LogP contribution in [0.1, 0.15) is 5.56 Å². The van der Waals surface area contributed by atoms with Crippen molar-refractivity contribution in [3.05, 3.63) is 52.8 Å². The number of hydrogen-bond donors (Lipinski definition) is 1. The maximum atomic E-state index is 13.6. The first kappa shape index (κ1) is 15.4. The molecule has 0 aliphatic carbocycles. The molecule has 0 heterocycles. The molecular formula is C16H18ClFN2O. The van der Waals surface area contributed by atoms with E-state index in [4.69, 9.17) is 16.3 Å². The first-order valence-electron chi connectivity index (χ1n) is 6.54. The highest BCUT2D eigenvalue weighted by Crippen LogP contribution is 2.27. The summed E-state index contributed by atoms with van der Waals surface area (Å²) in [5.74, 6) is -0.116. The maximum absolute atomic E-state index is 13.6. The molecule has 0 saturated carbocycles. The summed E-state index contributed by atoms with van der Waals surface area (Å²) < 4.78 is 18.5. The number of nitrogens with zero attached hydrogens (tertiary/aromatic N) is 1. The molecule has 0 spiro atoms. The zero-order chi connectivity index (χ0) is 15.4. The van der Waals surface area contributed by atoms with E-state index in [1.165, 1.54) is 13.2 Å². The Balaban J connectivity index is 2.06. The first-order chi connectivity index (χ1) is 10.0. The molecule has 5 heteroatoms. The number of benzene rings is 2. The molecule has 0 aliphatic rings. The molecule has 0 unspecified atom stereocenters. The van der Waals surface area contributed by atoms with E-state index in [-0.39, 0.29) is 11.6 Å². The van der Waals surface area contributed by atoms with E-state index in [0.717, 1.165) is 16.9 Å². The van der Waals surface area contributed by atoms with Crippen molar-refractivity contribution >= 4 is 23.0 Å². The molecule has 112 valence electrons.